The van der Waals surface area contributed by atoms with Crippen molar-refractivity contribution in [1.29, 1.82) is 0 Å². The highest BCUT2D eigenvalue weighted by atomic mass is 16.5. The predicted octanol–water partition coefficient (Wildman–Crippen LogP) is 2.47. The lowest BCUT2D eigenvalue weighted by atomic mass is 10.00. The number of aliphatic hydroxyl groups excluding tert-OH is 1. The van der Waals surface area contributed by atoms with Crippen molar-refractivity contribution in [3.05, 3.63) is 47.2 Å². The second-order valence-corrected chi connectivity index (χ2v) is 6.55. The number of likely N-dealkylation sites (tertiary alicyclic amines) is 1. The Labute approximate surface area is 148 Å². The molecular formula is C19H25N3O3. The zero-order valence-corrected chi connectivity index (χ0v) is 15.0. The van der Waals surface area contributed by atoms with Crippen molar-refractivity contribution in [2.45, 2.75) is 38.3 Å². The summed E-state index contributed by atoms with van der Waals surface area (Å²) in [4.78, 5) is 15.0. The van der Waals surface area contributed by atoms with Crippen molar-refractivity contribution in [2.24, 2.45) is 7.05 Å². The molecule has 0 saturated carbocycles. The van der Waals surface area contributed by atoms with E-state index in [-0.39, 0.29) is 11.9 Å². The summed E-state index contributed by atoms with van der Waals surface area (Å²) in [6, 6.07) is 9.62. The van der Waals surface area contributed by atoms with Gasteiger partial charge in [-0.15, -0.1) is 0 Å². The topological polar surface area (TPSA) is 67.6 Å². The second kappa shape index (κ2) is 7.27. The molecule has 1 saturated heterocycles. The van der Waals surface area contributed by atoms with E-state index < -0.39 is 6.10 Å². The minimum absolute atomic E-state index is 0.0204. The summed E-state index contributed by atoms with van der Waals surface area (Å²) in [5, 5.41) is 14.8. The number of amides is 1. The van der Waals surface area contributed by atoms with E-state index in [1.54, 1.807) is 18.8 Å². The van der Waals surface area contributed by atoms with E-state index in [0.29, 0.717) is 30.1 Å². The van der Waals surface area contributed by atoms with Gasteiger partial charge < -0.3 is 14.7 Å². The van der Waals surface area contributed by atoms with Gasteiger partial charge in [0.2, 0.25) is 5.88 Å². The number of carbonyl (C=O) groups excluding carboxylic acids is 1. The van der Waals surface area contributed by atoms with E-state index in [9.17, 15) is 9.90 Å². The lowest BCUT2D eigenvalue weighted by Gasteiger charge is -2.27. The van der Waals surface area contributed by atoms with Gasteiger partial charge in [0, 0.05) is 19.6 Å². The summed E-state index contributed by atoms with van der Waals surface area (Å²) in [7, 11) is 3.32. The third-order valence-corrected chi connectivity index (χ3v) is 4.89. The summed E-state index contributed by atoms with van der Waals surface area (Å²) in [6.07, 6.45) is 1.81. The van der Waals surface area contributed by atoms with Crippen LogP contribution < -0.4 is 4.74 Å². The quantitative estimate of drug-likeness (QED) is 0.906. The summed E-state index contributed by atoms with van der Waals surface area (Å²) >= 11 is 0. The number of hydrogen-bond acceptors (Lipinski definition) is 4. The van der Waals surface area contributed by atoms with Crippen LogP contribution in [-0.4, -0.2) is 45.4 Å². The molecule has 1 aliphatic rings. The highest BCUT2D eigenvalue weighted by Gasteiger charge is 2.34. The third kappa shape index (κ3) is 3.39. The Balaban J connectivity index is 1.79. The molecule has 1 amide bonds. The zero-order chi connectivity index (χ0) is 18.0. The maximum absolute atomic E-state index is 13.1. The molecule has 2 atom stereocenters. The standard InChI is InChI=1S/C19H25N3O3/c1-13-17(19(25-3)21(2)20-13)18(24)22-11-7-10-15(22)12-16(23)14-8-5-4-6-9-14/h4-6,8-9,15-16,23H,7,10-12H2,1-3H3/t15-,16+/m1/s1. The van der Waals surface area contributed by atoms with E-state index in [2.05, 4.69) is 5.10 Å². The highest BCUT2D eigenvalue weighted by molar-refractivity contribution is 5.98. The van der Waals surface area contributed by atoms with Gasteiger partial charge in [-0.2, -0.15) is 5.10 Å². The highest BCUT2D eigenvalue weighted by Crippen LogP contribution is 2.31. The molecule has 2 aromatic rings. The lowest BCUT2D eigenvalue weighted by molar-refractivity contribution is 0.0663. The van der Waals surface area contributed by atoms with Gasteiger partial charge in [0.05, 0.1) is 18.9 Å². The lowest BCUT2D eigenvalue weighted by Crippen LogP contribution is -2.36. The minimum Gasteiger partial charge on any atom is -0.481 e. The monoisotopic (exact) mass is 343 g/mol. The van der Waals surface area contributed by atoms with E-state index >= 15 is 0 Å². The van der Waals surface area contributed by atoms with Gasteiger partial charge in [0.15, 0.2) is 0 Å². The fourth-order valence-corrected chi connectivity index (χ4v) is 3.68. The number of carbonyl (C=O) groups is 1. The number of ether oxygens (including phenoxy) is 1. The normalized spacial score (nSPS) is 18.4. The van der Waals surface area contributed by atoms with E-state index in [0.717, 1.165) is 18.4 Å². The first-order valence-electron chi connectivity index (χ1n) is 8.64. The molecule has 0 unspecified atom stereocenters. The maximum Gasteiger partial charge on any atom is 0.261 e. The van der Waals surface area contributed by atoms with Gasteiger partial charge >= 0.3 is 0 Å². The van der Waals surface area contributed by atoms with Crippen LogP contribution in [0.25, 0.3) is 0 Å². The minimum atomic E-state index is -0.573. The molecule has 134 valence electrons. The third-order valence-electron chi connectivity index (χ3n) is 4.89. The van der Waals surface area contributed by atoms with E-state index in [1.807, 2.05) is 42.2 Å². The fourth-order valence-electron chi connectivity index (χ4n) is 3.68. The molecule has 6 nitrogen and oxygen atoms in total. The van der Waals surface area contributed by atoms with Crippen molar-refractivity contribution in [1.82, 2.24) is 14.7 Å². The van der Waals surface area contributed by atoms with Crippen molar-refractivity contribution < 1.29 is 14.6 Å². The molecule has 25 heavy (non-hydrogen) atoms. The summed E-state index contributed by atoms with van der Waals surface area (Å²) in [5.41, 5.74) is 2.07. The van der Waals surface area contributed by atoms with E-state index in [4.69, 9.17) is 4.74 Å². The van der Waals surface area contributed by atoms with Crippen molar-refractivity contribution in [3.8, 4) is 5.88 Å². The van der Waals surface area contributed by atoms with Crippen LogP contribution >= 0.6 is 0 Å². The Morgan fingerprint density at radius 2 is 2.12 bits per heavy atom. The molecule has 1 aromatic heterocycles. The van der Waals surface area contributed by atoms with Gasteiger partial charge in [-0.3, -0.25) is 4.79 Å². The van der Waals surface area contributed by atoms with Gasteiger partial charge in [0.25, 0.3) is 5.91 Å². The van der Waals surface area contributed by atoms with E-state index in [1.165, 1.54) is 0 Å². The Kier molecular flexibility index (Phi) is 5.08. The SMILES string of the molecule is COc1c(C(=O)N2CCC[C@@H]2C[C@H](O)c2ccccc2)c(C)nn1C. The Morgan fingerprint density at radius 1 is 1.40 bits per heavy atom. The van der Waals surface area contributed by atoms with Crippen LogP contribution in [0.1, 0.15) is 47.0 Å². The summed E-state index contributed by atoms with van der Waals surface area (Å²) < 4.78 is 6.96. The predicted molar refractivity (Wildman–Crippen MR) is 94.6 cm³/mol. The molecule has 1 fully saturated rings. The molecule has 0 radical (unpaired) electrons. The second-order valence-electron chi connectivity index (χ2n) is 6.55. The van der Waals surface area contributed by atoms with Crippen LogP contribution in [0.2, 0.25) is 0 Å². The number of benzene rings is 1. The average Bonchev–Trinajstić information content (AvgIpc) is 3.18. The smallest absolute Gasteiger partial charge is 0.261 e. The number of methoxy groups -OCH3 is 1. The average molecular weight is 343 g/mol. The number of aromatic nitrogens is 2. The largest absolute Gasteiger partial charge is 0.481 e. The molecule has 0 aliphatic carbocycles. The zero-order valence-electron chi connectivity index (χ0n) is 15.0. The molecular weight excluding hydrogens is 318 g/mol. The fraction of sp³-hybridized carbons (Fsp3) is 0.474. The van der Waals surface area contributed by atoms with Crippen LogP contribution in [0.4, 0.5) is 0 Å². The number of nitrogens with zero attached hydrogens (tertiary/aromatic N) is 3. The van der Waals surface area contributed by atoms with Crippen LogP contribution in [0.5, 0.6) is 5.88 Å². The first kappa shape index (κ1) is 17.5. The van der Waals surface area contributed by atoms with Crippen LogP contribution in [0, 0.1) is 6.92 Å². The van der Waals surface area contributed by atoms with Gasteiger partial charge in [-0.05, 0) is 31.7 Å². The molecule has 0 bridgehead atoms. The molecule has 1 N–H and O–H groups in total. The molecule has 2 heterocycles. The van der Waals surface area contributed by atoms with Crippen molar-refractivity contribution >= 4 is 5.91 Å². The van der Waals surface area contributed by atoms with Crippen LogP contribution in [0.15, 0.2) is 30.3 Å². The Hall–Kier alpha value is -2.34. The molecule has 1 aliphatic heterocycles. The molecule has 1 aromatic carbocycles. The summed E-state index contributed by atoms with van der Waals surface area (Å²) in [6.45, 7) is 2.52. The number of aryl methyl sites for hydroxylation is 2. The molecule has 6 heteroatoms. The molecule has 3 rings (SSSR count). The summed E-state index contributed by atoms with van der Waals surface area (Å²) in [5.74, 6) is 0.418. The molecule has 0 spiro atoms. The number of rotatable bonds is 5. The van der Waals surface area contributed by atoms with Crippen molar-refractivity contribution in [3.63, 3.8) is 0 Å². The van der Waals surface area contributed by atoms with Gasteiger partial charge in [-0.1, -0.05) is 30.3 Å². The Morgan fingerprint density at radius 3 is 2.80 bits per heavy atom. The maximum atomic E-state index is 13.1. The number of hydrogen-bond donors (Lipinski definition) is 1. The first-order valence-corrected chi connectivity index (χ1v) is 8.64. The Bertz CT molecular complexity index is 742. The number of aliphatic hydroxyl groups is 1. The van der Waals surface area contributed by atoms with Crippen molar-refractivity contribution in [2.75, 3.05) is 13.7 Å². The van der Waals surface area contributed by atoms with Gasteiger partial charge in [-0.25, -0.2) is 4.68 Å². The van der Waals surface area contributed by atoms with Crippen LogP contribution in [0.3, 0.4) is 0 Å². The van der Waals surface area contributed by atoms with Gasteiger partial charge in [0.1, 0.15) is 5.56 Å². The van der Waals surface area contributed by atoms with Crippen LogP contribution in [-0.2, 0) is 7.05 Å². The first-order chi connectivity index (χ1) is 12.0.